The number of ether oxygens (including phenoxy) is 1. The Balaban J connectivity index is 2.53. The zero-order valence-corrected chi connectivity index (χ0v) is 12.0. The topological polar surface area (TPSA) is 48.1 Å². The first-order valence-electron chi connectivity index (χ1n) is 5.94. The predicted molar refractivity (Wildman–Crippen MR) is 77.3 cm³/mol. The number of nitrogens with zero attached hydrogens (tertiary/aromatic N) is 1. The van der Waals surface area contributed by atoms with E-state index in [-0.39, 0.29) is 0 Å². The fraction of sp³-hybridized carbons (Fsp3) is 0.357. The number of thiazole rings is 1. The van der Waals surface area contributed by atoms with Crippen LogP contribution in [0.25, 0.3) is 11.3 Å². The average molecular weight is 262 g/mol. The van der Waals surface area contributed by atoms with Crippen LogP contribution in [0.3, 0.4) is 0 Å². The fourth-order valence-electron chi connectivity index (χ4n) is 1.98. The highest BCUT2D eigenvalue weighted by atomic mass is 32.1. The zero-order valence-electron chi connectivity index (χ0n) is 11.2. The highest BCUT2D eigenvalue weighted by Gasteiger charge is 2.13. The fourth-order valence-corrected chi connectivity index (χ4v) is 2.70. The summed E-state index contributed by atoms with van der Waals surface area (Å²) in [6.07, 6.45) is 0. The number of rotatable bonds is 3. The van der Waals surface area contributed by atoms with E-state index in [0.717, 1.165) is 27.0 Å². The molecule has 0 saturated carbocycles. The molecule has 0 aliphatic rings. The van der Waals surface area contributed by atoms with Crippen molar-refractivity contribution >= 4 is 16.3 Å². The van der Waals surface area contributed by atoms with Crippen molar-refractivity contribution in [2.24, 2.45) is 0 Å². The summed E-state index contributed by atoms with van der Waals surface area (Å²) < 4.78 is 5.38. The van der Waals surface area contributed by atoms with Crippen molar-refractivity contribution in [3.05, 3.63) is 28.8 Å². The number of methoxy groups -OCH3 is 1. The van der Waals surface area contributed by atoms with Crippen molar-refractivity contribution in [2.75, 3.05) is 12.8 Å². The van der Waals surface area contributed by atoms with Crippen LogP contribution in [-0.2, 0) is 0 Å². The lowest BCUT2D eigenvalue weighted by Crippen LogP contribution is -1.95. The zero-order chi connectivity index (χ0) is 13.3. The maximum Gasteiger partial charge on any atom is 0.122 e. The summed E-state index contributed by atoms with van der Waals surface area (Å²) in [6, 6.07) is 6.11. The number of hydrogen-bond donors (Lipinski definition) is 1. The molecule has 0 atom stereocenters. The normalized spacial score (nSPS) is 10.9. The van der Waals surface area contributed by atoms with Gasteiger partial charge in [0.15, 0.2) is 0 Å². The maximum absolute atomic E-state index is 5.99. The number of aromatic nitrogens is 1. The number of nitrogens with two attached hydrogens (primary N) is 1. The molecule has 1 aromatic carbocycles. The summed E-state index contributed by atoms with van der Waals surface area (Å²) in [7, 11) is 1.70. The molecule has 1 heterocycles. The average Bonchev–Trinajstić information content (AvgIpc) is 2.67. The third-order valence-electron chi connectivity index (χ3n) is 2.89. The maximum atomic E-state index is 5.99. The minimum absolute atomic E-state index is 0.404. The minimum atomic E-state index is 0.404. The van der Waals surface area contributed by atoms with E-state index in [4.69, 9.17) is 10.5 Å². The Labute approximate surface area is 112 Å². The number of nitrogen functional groups attached to an aromatic ring is 1. The molecule has 0 aliphatic heterocycles. The van der Waals surface area contributed by atoms with E-state index in [9.17, 15) is 0 Å². The van der Waals surface area contributed by atoms with Crippen molar-refractivity contribution in [1.82, 2.24) is 4.98 Å². The van der Waals surface area contributed by atoms with Gasteiger partial charge in [0.2, 0.25) is 0 Å². The molecule has 0 bridgehead atoms. The number of hydrogen-bond acceptors (Lipinski definition) is 4. The SMILES string of the molecule is COc1ccc(-c2nc(C)sc2N)cc1C(C)C. The number of anilines is 1. The third kappa shape index (κ3) is 2.34. The number of aryl methyl sites for hydroxylation is 1. The van der Waals surface area contributed by atoms with Crippen LogP contribution >= 0.6 is 11.3 Å². The lowest BCUT2D eigenvalue weighted by molar-refractivity contribution is 0.407. The molecule has 1 aromatic heterocycles. The van der Waals surface area contributed by atoms with Gasteiger partial charge in [-0.1, -0.05) is 13.8 Å². The van der Waals surface area contributed by atoms with Crippen molar-refractivity contribution in [1.29, 1.82) is 0 Å². The summed E-state index contributed by atoms with van der Waals surface area (Å²) in [5.74, 6) is 1.32. The van der Waals surface area contributed by atoms with Crippen LogP contribution in [0.15, 0.2) is 18.2 Å². The summed E-state index contributed by atoms with van der Waals surface area (Å²) in [5.41, 5.74) is 9.11. The second kappa shape index (κ2) is 4.98. The molecule has 0 spiro atoms. The summed E-state index contributed by atoms with van der Waals surface area (Å²) in [4.78, 5) is 4.49. The quantitative estimate of drug-likeness (QED) is 0.914. The minimum Gasteiger partial charge on any atom is -0.496 e. The monoisotopic (exact) mass is 262 g/mol. The van der Waals surface area contributed by atoms with E-state index in [1.54, 1.807) is 7.11 Å². The second-order valence-electron chi connectivity index (χ2n) is 4.56. The van der Waals surface area contributed by atoms with Crippen molar-refractivity contribution in [2.45, 2.75) is 26.7 Å². The van der Waals surface area contributed by atoms with Crippen LogP contribution in [-0.4, -0.2) is 12.1 Å². The largest absolute Gasteiger partial charge is 0.496 e. The van der Waals surface area contributed by atoms with Crippen molar-refractivity contribution in [3.8, 4) is 17.0 Å². The Hall–Kier alpha value is -1.55. The molecule has 0 unspecified atom stereocenters. The van der Waals surface area contributed by atoms with Crippen LogP contribution in [0.2, 0.25) is 0 Å². The molecule has 0 fully saturated rings. The first-order valence-corrected chi connectivity index (χ1v) is 6.75. The Kier molecular flexibility index (Phi) is 3.57. The smallest absolute Gasteiger partial charge is 0.122 e. The van der Waals surface area contributed by atoms with E-state index >= 15 is 0 Å². The van der Waals surface area contributed by atoms with E-state index in [1.165, 1.54) is 16.9 Å². The third-order valence-corrected chi connectivity index (χ3v) is 3.69. The molecule has 0 saturated heterocycles. The Bertz CT molecular complexity index is 561. The lowest BCUT2D eigenvalue weighted by Gasteiger charge is -2.13. The van der Waals surface area contributed by atoms with Gasteiger partial charge in [-0.25, -0.2) is 4.98 Å². The Morgan fingerprint density at radius 1 is 1.33 bits per heavy atom. The molecule has 96 valence electrons. The van der Waals surface area contributed by atoms with Crippen LogP contribution in [0.4, 0.5) is 5.00 Å². The van der Waals surface area contributed by atoms with Gasteiger partial charge in [0.05, 0.1) is 12.1 Å². The van der Waals surface area contributed by atoms with Gasteiger partial charge in [-0.2, -0.15) is 0 Å². The van der Waals surface area contributed by atoms with Gasteiger partial charge in [-0.15, -0.1) is 11.3 Å². The highest BCUT2D eigenvalue weighted by Crippen LogP contribution is 2.35. The number of benzene rings is 1. The summed E-state index contributed by atoms with van der Waals surface area (Å²) in [5, 5.41) is 1.76. The van der Waals surface area contributed by atoms with Crippen LogP contribution in [0.5, 0.6) is 5.75 Å². The van der Waals surface area contributed by atoms with E-state index in [0.29, 0.717) is 5.92 Å². The van der Waals surface area contributed by atoms with Crippen molar-refractivity contribution in [3.63, 3.8) is 0 Å². The van der Waals surface area contributed by atoms with Crippen LogP contribution in [0.1, 0.15) is 30.3 Å². The molecule has 2 rings (SSSR count). The van der Waals surface area contributed by atoms with Crippen LogP contribution < -0.4 is 10.5 Å². The van der Waals surface area contributed by atoms with Gasteiger partial charge < -0.3 is 10.5 Å². The van der Waals surface area contributed by atoms with Gasteiger partial charge in [0.1, 0.15) is 16.4 Å². The standard InChI is InChI=1S/C14H18N2OS/c1-8(2)11-7-10(5-6-12(11)17-4)13-14(15)18-9(3)16-13/h5-8H,15H2,1-4H3. The van der Waals surface area contributed by atoms with E-state index in [2.05, 4.69) is 24.9 Å². The van der Waals surface area contributed by atoms with Crippen LogP contribution in [0, 0.1) is 6.92 Å². The first kappa shape index (κ1) is 12.9. The Morgan fingerprint density at radius 3 is 2.56 bits per heavy atom. The summed E-state index contributed by atoms with van der Waals surface area (Å²) >= 11 is 1.52. The molecule has 2 N–H and O–H groups in total. The molecule has 4 heteroatoms. The second-order valence-corrected chi connectivity index (χ2v) is 5.79. The summed E-state index contributed by atoms with van der Waals surface area (Å²) in [6.45, 7) is 6.27. The van der Waals surface area contributed by atoms with E-state index in [1.807, 2.05) is 19.1 Å². The molecule has 3 nitrogen and oxygen atoms in total. The molecular formula is C14H18N2OS. The molecule has 0 aliphatic carbocycles. The van der Waals surface area contributed by atoms with E-state index < -0.39 is 0 Å². The van der Waals surface area contributed by atoms with Gasteiger partial charge in [-0.05, 0) is 36.6 Å². The molecule has 0 radical (unpaired) electrons. The molecule has 2 aromatic rings. The predicted octanol–water partition coefficient (Wildman–Crippen LogP) is 3.83. The van der Waals surface area contributed by atoms with Gasteiger partial charge >= 0.3 is 0 Å². The lowest BCUT2D eigenvalue weighted by atomic mass is 9.98. The molecule has 0 amide bonds. The Morgan fingerprint density at radius 2 is 2.06 bits per heavy atom. The van der Waals surface area contributed by atoms with Gasteiger partial charge in [0, 0.05) is 5.56 Å². The van der Waals surface area contributed by atoms with Gasteiger partial charge in [0.25, 0.3) is 0 Å². The molecule has 18 heavy (non-hydrogen) atoms. The van der Waals surface area contributed by atoms with Gasteiger partial charge in [-0.3, -0.25) is 0 Å². The van der Waals surface area contributed by atoms with Crippen molar-refractivity contribution < 1.29 is 4.74 Å². The first-order chi connectivity index (χ1) is 8.52. The molecular weight excluding hydrogens is 244 g/mol. The highest BCUT2D eigenvalue weighted by molar-refractivity contribution is 7.16.